The van der Waals surface area contributed by atoms with Crippen molar-refractivity contribution >= 4 is 0 Å². The van der Waals surface area contributed by atoms with Crippen molar-refractivity contribution in [1.82, 2.24) is 0 Å². The molecule has 0 unspecified atom stereocenters. The molecule has 0 radical (unpaired) electrons. The zero-order chi connectivity index (χ0) is 14.8. The maximum Gasteiger partial charge on any atom is 0.0661 e. The Morgan fingerprint density at radius 1 is 0.579 bits per heavy atom. The molecule has 118 valence electrons. The van der Waals surface area contributed by atoms with Crippen LogP contribution in [0.25, 0.3) is 0 Å². The van der Waals surface area contributed by atoms with E-state index in [2.05, 4.69) is 28.1 Å². The van der Waals surface area contributed by atoms with E-state index in [4.69, 9.17) is 0 Å². The molecule has 0 amide bonds. The summed E-state index contributed by atoms with van der Waals surface area (Å²) in [6.07, 6.45) is 15.9. The van der Waals surface area contributed by atoms with Gasteiger partial charge in [0.05, 0.1) is 21.1 Å². The van der Waals surface area contributed by atoms with Crippen molar-refractivity contribution in [3.8, 4) is 0 Å². The molecule has 1 N–H and O–H groups in total. The first-order valence-corrected chi connectivity index (χ1v) is 8.50. The second kappa shape index (κ2) is 20.2. The first kappa shape index (κ1) is 21.2. The SMILES string of the molecule is CCCCCCCCCCCCCC[O-].C[NH+](C)C. The lowest BCUT2D eigenvalue weighted by molar-refractivity contribution is -0.836. The van der Waals surface area contributed by atoms with Crippen molar-refractivity contribution in [1.29, 1.82) is 0 Å². The van der Waals surface area contributed by atoms with Crippen LogP contribution < -0.4 is 10.0 Å². The Morgan fingerprint density at radius 3 is 1.11 bits per heavy atom. The van der Waals surface area contributed by atoms with Gasteiger partial charge in [0.15, 0.2) is 0 Å². The van der Waals surface area contributed by atoms with Gasteiger partial charge < -0.3 is 10.0 Å². The Hall–Kier alpha value is -0.0800. The first-order valence-electron chi connectivity index (χ1n) is 8.50. The van der Waals surface area contributed by atoms with Gasteiger partial charge in [-0.2, -0.15) is 0 Å². The molecule has 0 aromatic rings. The molecular weight excluding hydrogens is 234 g/mol. The summed E-state index contributed by atoms with van der Waals surface area (Å²) >= 11 is 0. The fraction of sp³-hybridized carbons (Fsp3) is 1.00. The number of hydrogen-bond acceptors (Lipinski definition) is 1. The van der Waals surface area contributed by atoms with E-state index in [0.717, 1.165) is 12.8 Å². The normalized spacial score (nSPS) is 10.4. The van der Waals surface area contributed by atoms with Crippen molar-refractivity contribution in [3.05, 3.63) is 0 Å². The van der Waals surface area contributed by atoms with Crippen LogP contribution in [-0.4, -0.2) is 27.7 Å². The average molecular weight is 274 g/mol. The molecule has 0 spiro atoms. The van der Waals surface area contributed by atoms with E-state index in [1.807, 2.05) is 0 Å². The molecule has 0 rings (SSSR count). The maximum atomic E-state index is 10.2. The van der Waals surface area contributed by atoms with Crippen LogP contribution in [0, 0.1) is 0 Å². The van der Waals surface area contributed by atoms with Crippen molar-refractivity contribution < 1.29 is 10.0 Å². The highest BCUT2D eigenvalue weighted by atomic mass is 16.2. The van der Waals surface area contributed by atoms with Gasteiger partial charge in [0.25, 0.3) is 0 Å². The molecule has 0 atom stereocenters. The lowest BCUT2D eigenvalue weighted by Gasteiger charge is -2.03. The topological polar surface area (TPSA) is 27.5 Å². The molecule has 0 fully saturated rings. The minimum absolute atomic E-state index is 0.122. The Morgan fingerprint density at radius 2 is 0.842 bits per heavy atom. The second-order valence-corrected chi connectivity index (χ2v) is 6.09. The third-order valence-electron chi connectivity index (χ3n) is 3.00. The summed E-state index contributed by atoms with van der Waals surface area (Å²) < 4.78 is 0. The Bertz CT molecular complexity index is 122. The highest BCUT2D eigenvalue weighted by Crippen LogP contribution is 2.11. The van der Waals surface area contributed by atoms with Crippen LogP contribution >= 0.6 is 0 Å². The van der Waals surface area contributed by atoms with Gasteiger partial charge in [0, 0.05) is 0 Å². The van der Waals surface area contributed by atoms with E-state index in [-0.39, 0.29) is 6.61 Å². The summed E-state index contributed by atoms with van der Waals surface area (Å²) in [7, 11) is 6.25. The minimum atomic E-state index is 0.122. The smallest absolute Gasteiger partial charge is 0.0661 e. The van der Waals surface area contributed by atoms with Gasteiger partial charge in [-0.3, -0.25) is 0 Å². The third-order valence-corrected chi connectivity index (χ3v) is 3.00. The number of hydrogen-bond donors (Lipinski definition) is 1. The van der Waals surface area contributed by atoms with Gasteiger partial charge in [-0.15, -0.1) is 6.61 Å². The van der Waals surface area contributed by atoms with Gasteiger partial charge in [-0.05, 0) is 0 Å². The zero-order valence-electron chi connectivity index (χ0n) is 14.1. The largest absolute Gasteiger partial charge is 0.854 e. The maximum absolute atomic E-state index is 10.2. The molecule has 2 heteroatoms. The predicted octanol–water partition coefficient (Wildman–Crippen LogP) is 2.81. The summed E-state index contributed by atoms with van der Waals surface area (Å²) in [6, 6.07) is 0. The number of rotatable bonds is 12. The van der Waals surface area contributed by atoms with E-state index < -0.39 is 0 Å². The summed E-state index contributed by atoms with van der Waals surface area (Å²) in [4.78, 5) is 1.42. The Kier molecular flexibility index (Phi) is 22.6. The monoisotopic (exact) mass is 273 g/mol. The number of unbranched alkanes of at least 4 members (excludes halogenated alkanes) is 11. The first-order chi connectivity index (χ1) is 9.15. The van der Waals surface area contributed by atoms with E-state index in [0.29, 0.717) is 0 Å². The van der Waals surface area contributed by atoms with Crippen LogP contribution in [0.1, 0.15) is 84.0 Å². The molecule has 0 bridgehead atoms. The van der Waals surface area contributed by atoms with Gasteiger partial charge in [0.1, 0.15) is 0 Å². The molecule has 2 nitrogen and oxygen atoms in total. The Balaban J connectivity index is 0. The second-order valence-electron chi connectivity index (χ2n) is 6.09. The molecule has 0 aliphatic heterocycles. The fourth-order valence-electron chi connectivity index (χ4n) is 1.94. The zero-order valence-corrected chi connectivity index (χ0v) is 14.1. The lowest BCUT2D eigenvalue weighted by atomic mass is 10.1. The van der Waals surface area contributed by atoms with Crippen LogP contribution in [-0.2, 0) is 0 Å². The molecule has 0 aromatic heterocycles. The molecule has 0 heterocycles. The van der Waals surface area contributed by atoms with Crippen molar-refractivity contribution in [2.45, 2.75) is 84.0 Å². The third kappa shape index (κ3) is 32.0. The van der Waals surface area contributed by atoms with E-state index in [1.54, 1.807) is 0 Å². The van der Waals surface area contributed by atoms with E-state index >= 15 is 0 Å². The minimum Gasteiger partial charge on any atom is -0.854 e. The van der Waals surface area contributed by atoms with Gasteiger partial charge in [0.2, 0.25) is 0 Å². The number of quaternary nitrogens is 1. The van der Waals surface area contributed by atoms with Gasteiger partial charge in [-0.25, -0.2) is 0 Å². The fourth-order valence-corrected chi connectivity index (χ4v) is 1.94. The molecule has 0 saturated heterocycles. The molecular formula is C17H39NO. The summed E-state index contributed by atoms with van der Waals surface area (Å²) in [5.41, 5.74) is 0. The van der Waals surface area contributed by atoms with Crippen LogP contribution in [0.4, 0.5) is 0 Å². The van der Waals surface area contributed by atoms with Crippen molar-refractivity contribution in [2.75, 3.05) is 27.7 Å². The van der Waals surface area contributed by atoms with Crippen LogP contribution in [0.15, 0.2) is 0 Å². The standard InChI is InChI=1S/C14H29O.C3H9N/c1-2-3-4-5-6-7-8-9-10-11-12-13-14-15;1-4(2)3/h2-14H2,1H3;1-3H3/q-1;/p+1. The average Bonchev–Trinajstić information content (AvgIpc) is 2.35. The van der Waals surface area contributed by atoms with Crippen LogP contribution in [0.3, 0.4) is 0 Å². The lowest BCUT2D eigenvalue weighted by Crippen LogP contribution is -3.02. The van der Waals surface area contributed by atoms with Gasteiger partial charge in [-0.1, -0.05) is 84.0 Å². The van der Waals surface area contributed by atoms with E-state index in [1.165, 1.54) is 69.1 Å². The van der Waals surface area contributed by atoms with Gasteiger partial charge >= 0.3 is 0 Å². The molecule has 19 heavy (non-hydrogen) atoms. The summed E-state index contributed by atoms with van der Waals surface area (Å²) in [5, 5.41) is 10.2. The molecule has 0 aliphatic carbocycles. The highest BCUT2D eigenvalue weighted by molar-refractivity contribution is 4.47. The summed E-state index contributed by atoms with van der Waals surface area (Å²) in [5.74, 6) is 0. The van der Waals surface area contributed by atoms with E-state index in [9.17, 15) is 5.11 Å². The quantitative estimate of drug-likeness (QED) is 0.544. The molecule has 0 aliphatic rings. The van der Waals surface area contributed by atoms with Crippen LogP contribution in [0.5, 0.6) is 0 Å². The summed E-state index contributed by atoms with van der Waals surface area (Å²) in [6.45, 7) is 2.39. The highest BCUT2D eigenvalue weighted by Gasteiger charge is 1.91. The Labute approximate surface area is 122 Å². The van der Waals surface area contributed by atoms with Crippen LogP contribution in [0.2, 0.25) is 0 Å². The van der Waals surface area contributed by atoms with Crippen molar-refractivity contribution in [3.63, 3.8) is 0 Å². The predicted molar refractivity (Wildman–Crippen MR) is 84.7 cm³/mol. The number of nitrogens with one attached hydrogen (secondary N) is 1. The molecule has 0 saturated carbocycles. The van der Waals surface area contributed by atoms with Crippen molar-refractivity contribution in [2.24, 2.45) is 0 Å². The molecule has 0 aromatic carbocycles.